The van der Waals surface area contributed by atoms with Gasteiger partial charge in [-0.25, -0.2) is 14.4 Å². The lowest BCUT2D eigenvalue weighted by Gasteiger charge is -2.27. The van der Waals surface area contributed by atoms with Gasteiger partial charge in [0.25, 0.3) is 0 Å². The van der Waals surface area contributed by atoms with Crippen LogP contribution in [0.25, 0.3) is 0 Å². The van der Waals surface area contributed by atoms with Crippen molar-refractivity contribution in [3.63, 3.8) is 0 Å². The monoisotopic (exact) mass is 492 g/mol. The second-order valence-electron chi connectivity index (χ2n) is 7.75. The van der Waals surface area contributed by atoms with Crippen LogP contribution >= 0.6 is 0 Å². The Morgan fingerprint density at radius 3 is 2.20 bits per heavy atom. The third kappa shape index (κ3) is 10.8. The van der Waals surface area contributed by atoms with Gasteiger partial charge in [0.1, 0.15) is 12.1 Å². The van der Waals surface area contributed by atoms with Gasteiger partial charge in [0, 0.05) is 18.7 Å². The number of carboxylic acid groups (broad SMARTS) is 3. The Hall–Kier alpha value is -3.73. The van der Waals surface area contributed by atoms with Crippen molar-refractivity contribution in [1.29, 1.82) is 0 Å². The summed E-state index contributed by atoms with van der Waals surface area (Å²) in [6, 6.07) is 7.69. The van der Waals surface area contributed by atoms with Crippen LogP contribution in [0.3, 0.4) is 0 Å². The molecule has 1 aromatic rings. The summed E-state index contributed by atoms with van der Waals surface area (Å²) >= 11 is 0. The smallest absolute Gasteiger partial charge is 0.328 e. The van der Waals surface area contributed by atoms with Gasteiger partial charge in [0.05, 0.1) is 12.6 Å². The molecule has 0 saturated carbocycles. The number of aryl methyl sites for hydroxylation is 1. The zero-order valence-electron chi connectivity index (χ0n) is 19.8. The third-order valence-electron chi connectivity index (χ3n) is 5.15. The minimum Gasteiger partial charge on any atom is -0.480 e. The van der Waals surface area contributed by atoms with E-state index in [1.807, 2.05) is 30.3 Å². The van der Waals surface area contributed by atoms with E-state index in [0.29, 0.717) is 44.4 Å². The number of carboxylic acids is 3. The van der Waals surface area contributed by atoms with E-state index in [4.69, 9.17) is 14.9 Å². The van der Waals surface area contributed by atoms with E-state index < -0.39 is 42.0 Å². The Labute approximate surface area is 203 Å². The minimum absolute atomic E-state index is 0.262. The highest BCUT2D eigenvalue weighted by Gasteiger charge is 2.36. The van der Waals surface area contributed by atoms with Crippen LogP contribution in [-0.2, 0) is 35.1 Å². The maximum atomic E-state index is 12.7. The van der Waals surface area contributed by atoms with E-state index in [2.05, 4.69) is 5.32 Å². The van der Waals surface area contributed by atoms with Gasteiger partial charge in [-0.3, -0.25) is 14.9 Å². The van der Waals surface area contributed by atoms with Crippen LogP contribution in [0.2, 0.25) is 0 Å². The van der Waals surface area contributed by atoms with E-state index in [1.165, 1.54) is 4.90 Å². The summed E-state index contributed by atoms with van der Waals surface area (Å²) in [5.41, 5.74) is 1.10. The van der Waals surface area contributed by atoms with Crippen molar-refractivity contribution in [3.05, 3.63) is 48.0 Å². The summed E-state index contributed by atoms with van der Waals surface area (Å²) in [6.45, 7) is 4.09. The molecular weight excluding hydrogens is 460 g/mol. The van der Waals surface area contributed by atoms with Crippen molar-refractivity contribution >= 4 is 29.8 Å². The Balaban J connectivity index is 0.000000658. The molecule has 1 aliphatic heterocycles. The number of benzene rings is 1. The molecule has 0 spiro atoms. The van der Waals surface area contributed by atoms with E-state index in [0.717, 1.165) is 5.56 Å². The van der Waals surface area contributed by atoms with Gasteiger partial charge in [0.2, 0.25) is 5.91 Å². The summed E-state index contributed by atoms with van der Waals surface area (Å²) in [5, 5.41) is 27.9. The number of amides is 1. The molecule has 1 amide bonds. The van der Waals surface area contributed by atoms with Crippen LogP contribution < -0.4 is 5.32 Å². The first-order chi connectivity index (χ1) is 16.6. The highest BCUT2D eigenvalue weighted by molar-refractivity contribution is 5.89. The molecule has 11 nitrogen and oxygen atoms in total. The summed E-state index contributed by atoms with van der Waals surface area (Å²) in [7, 11) is 0. The molecule has 11 heteroatoms. The molecular formula is C24H32N2O9. The Morgan fingerprint density at radius 2 is 1.69 bits per heavy atom. The van der Waals surface area contributed by atoms with E-state index in [-0.39, 0.29) is 12.5 Å². The second-order valence-corrected chi connectivity index (χ2v) is 7.75. The second kappa shape index (κ2) is 15.2. The number of carbonyl (C=O) groups is 5. The van der Waals surface area contributed by atoms with E-state index in [9.17, 15) is 29.1 Å². The van der Waals surface area contributed by atoms with Crippen LogP contribution in [0.5, 0.6) is 0 Å². The van der Waals surface area contributed by atoms with Gasteiger partial charge in [0.15, 0.2) is 0 Å². The van der Waals surface area contributed by atoms with Crippen LogP contribution in [0.15, 0.2) is 42.5 Å². The molecule has 1 aliphatic rings. The first kappa shape index (κ1) is 29.3. The molecule has 3 atom stereocenters. The average molecular weight is 493 g/mol. The molecule has 35 heavy (non-hydrogen) atoms. The highest BCUT2D eigenvalue weighted by atomic mass is 16.5. The normalized spacial score (nSPS) is 16.6. The quantitative estimate of drug-likeness (QED) is 0.261. The highest BCUT2D eigenvalue weighted by Crippen LogP contribution is 2.19. The zero-order chi connectivity index (χ0) is 26.4. The van der Waals surface area contributed by atoms with E-state index in [1.54, 1.807) is 13.8 Å². The topological polar surface area (TPSA) is 171 Å². The lowest BCUT2D eigenvalue weighted by Crippen LogP contribution is -2.53. The molecule has 0 aliphatic carbocycles. The number of ether oxygens (including phenoxy) is 1. The van der Waals surface area contributed by atoms with Gasteiger partial charge < -0.3 is 25.0 Å². The fourth-order valence-electron chi connectivity index (χ4n) is 3.52. The largest absolute Gasteiger partial charge is 0.480 e. The molecule has 192 valence electrons. The minimum atomic E-state index is -1.26. The van der Waals surface area contributed by atoms with Crippen molar-refractivity contribution in [3.8, 4) is 0 Å². The van der Waals surface area contributed by atoms with Crippen molar-refractivity contribution in [2.45, 2.75) is 57.7 Å². The molecule has 1 saturated heterocycles. The fourth-order valence-corrected chi connectivity index (χ4v) is 3.52. The predicted octanol–water partition coefficient (Wildman–Crippen LogP) is 1.32. The van der Waals surface area contributed by atoms with E-state index >= 15 is 0 Å². The van der Waals surface area contributed by atoms with Crippen LogP contribution in [-0.4, -0.2) is 81.3 Å². The molecule has 1 unspecified atom stereocenters. The SMILES string of the molecule is CCOC(=O)C(CCc1ccccc1)N[C@@H](C)C(=O)N1CCC[C@H]1C(=O)O.O=C(O)/C=C\C(=O)O. The van der Waals surface area contributed by atoms with Crippen LogP contribution in [0.4, 0.5) is 0 Å². The first-order valence-corrected chi connectivity index (χ1v) is 11.2. The number of likely N-dealkylation sites (tertiary alicyclic amines) is 1. The predicted molar refractivity (Wildman–Crippen MR) is 125 cm³/mol. The lowest BCUT2D eigenvalue weighted by atomic mass is 10.0. The van der Waals surface area contributed by atoms with Crippen LogP contribution in [0.1, 0.15) is 38.7 Å². The van der Waals surface area contributed by atoms with Gasteiger partial charge in [-0.15, -0.1) is 0 Å². The molecule has 4 N–H and O–H groups in total. The Kier molecular flexibility index (Phi) is 12.7. The summed E-state index contributed by atoms with van der Waals surface area (Å²) in [4.78, 5) is 56.8. The number of esters is 1. The number of hydrogen-bond donors (Lipinski definition) is 4. The number of carbonyl (C=O) groups excluding carboxylic acids is 2. The van der Waals surface area contributed by atoms with Gasteiger partial charge in [-0.2, -0.15) is 0 Å². The molecule has 1 aromatic carbocycles. The molecule has 0 radical (unpaired) electrons. The Bertz CT molecular complexity index is 886. The standard InChI is InChI=1S/C20H28N2O5.C4H4O4/c1-3-27-20(26)16(12-11-15-8-5-4-6-9-15)21-14(2)18(23)22-13-7-10-17(22)19(24)25;5-3(6)1-2-4(7)8/h4-6,8-9,14,16-17,21H,3,7,10-13H2,1-2H3,(H,24,25);1-2H,(H,5,6)(H,7,8)/b;2-1-/t14-,16?,17-;/m0./s1. The maximum Gasteiger partial charge on any atom is 0.328 e. The van der Waals surface area contributed by atoms with Crippen LogP contribution in [0, 0.1) is 0 Å². The number of rotatable bonds is 11. The third-order valence-corrected chi connectivity index (χ3v) is 5.15. The number of nitrogens with one attached hydrogen (secondary N) is 1. The molecule has 2 rings (SSSR count). The zero-order valence-corrected chi connectivity index (χ0v) is 19.8. The van der Waals surface area contributed by atoms with Crippen molar-refractivity contribution in [2.24, 2.45) is 0 Å². The summed E-state index contributed by atoms with van der Waals surface area (Å²) in [6.07, 6.45) is 3.40. The van der Waals surface area contributed by atoms with Crippen molar-refractivity contribution in [1.82, 2.24) is 10.2 Å². The summed E-state index contributed by atoms with van der Waals surface area (Å²) in [5.74, 6) is -4.20. The Morgan fingerprint density at radius 1 is 1.09 bits per heavy atom. The van der Waals surface area contributed by atoms with Gasteiger partial charge >= 0.3 is 23.9 Å². The first-order valence-electron chi connectivity index (χ1n) is 11.2. The van der Waals surface area contributed by atoms with Crippen molar-refractivity contribution in [2.75, 3.05) is 13.2 Å². The summed E-state index contributed by atoms with van der Waals surface area (Å²) < 4.78 is 5.14. The lowest BCUT2D eigenvalue weighted by molar-refractivity contribution is -0.150. The molecule has 1 fully saturated rings. The molecule has 1 heterocycles. The molecule has 0 aromatic heterocycles. The average Bonchev–Trinajstić information content (AvgIpc) is 3.31. The maximum absolute atomic E-state index is 12.7. The number of nitrogens with zero attached hydrogens (tertiary/aromatic N) is 1. The van der Waals surface area contributed by atoms with Crippen molar-refractivity contribution < 1.29 is 44.0 Å². The van der Waals surface area contributed by atoms with Gasteiger partial charge in [-0.1, -0.05) is 30.3 Å². The fraction of sp³-hybridized carbons (Fsp3) is 0.458. The van der Waals surface area contributed by atoms with Gasteiger partial charge in [-0.05, 0) is 45.1 Å². The molecule has 0 bridgehead atoms. The number of hydrogen-bond acceptors (Lipinski definition) is 7. The number of aliphatic carboxylic acids is 3.